The third-order valence-corrected chi connectivity index (χ3v) is 4.23. The molecule has 0 unspecified atom stereocenters. The molecule has 0 bridgehead atoms. The van der Waals surface area contributed by atoms with E-state index in [4.69, 9.17) is 23.2 Å². The van der Waals surface area contributed by atoms with Crippen molar-refractivity contribution in [3.63, 3.8) is 0 Å². The van der Waals surface area contributed by atoms with Crippen molar-refractivity contribution in [1.82, 2.24) is 0 Å². The summed E-state index contributed by atoms with van der Waals surface area (Å²) in [5, 5.41) is 1.23. The second-order valence-corrected chi connectivity index (χ2v) is 5.71. The summed E-state index contributed by atoms with van der Waals surface area (Å²) in [5.74, 6) is 0.903. The molecule has 0 N–H and O–H groups in total. The molecule has 0 aliphatic heterocycles. The molecule has 2 rings (SSSR count). The molecular formula is C14H12Cl2S. The highest BCUT2D eigenvalue weighted by atomic mass is 35.5. The quantitative estimate of drug-likeness (QED) is 0.661. The Morgan fingerprint density at radius 2 is 1.65 bits per heavy atom. The Morgan fingerprint density at radius 1 is 0.941 bits per heavy atom. The topological polar surface area (TPSA) is 0 Å². The molecule has 17 heavy (non-hydrogen) atoms. The van der Waals surface area contributed by atoms with E-state index in [2.05, 4.69) is 31.2 Å². The average Bonchev–Trinajstić information content (AvgIpc) is 2.33. The molecule has 0 amide bonds. The highest BCUT2D eigenvalue weighted by Gasteiger charge is 2.00. The van der Waals surface area contributed by atoms with Crippen LogP contribution in [0.4, 0.5) is 0 Å². The molecule has 0 fully saturated rings. The molecule has 0 atom stereocenters. The van der Waals surface area contributed by atoms with Crippen LogP contribution in [0.1, 0.15) is 11.1 Å². The van der Waals surface area contributed by atoms with Gasteiger partial charge >= 0.3 is 0 Å². The van der Waals surface area contributed by atoms with Gasteiger partial charge in [-0.2, -0.15) is 0 Å². The predicted molar refractivity (Wildman–Crippen MR) is 77.2 cm³/mol. The minimum absolute atomic E-state index is 0.607. The fourth-order valence-electron chi connectivity index (χ4n) is 1.43. The van der Waals surface area contributed by atoms with Gasteiger partial charge in [-0.15, -0.1) is 11.8 Å². The first-order chi connectivity index (χ1) is 8.15. The molecule has 0 nitrogen and oxygen atoms in total. The molecule has 2 aromatic rings. The average molecular weight is 283 g/mol. The lowest BCUT2D eigenvalue weighted by Crippen LogP contribution is -1.81. The van der Waals surface area contributed by atoms with Gasteiger partial charge in [-0.3, -0.25) is 0 Å². The van der Waals surface area contributed by atoms with Gasteiger partial charge in [0.1, 0.15) is 0 Å². The number of benzene rings is 2. The zero-order chi connectivity index (χ0) is 12.3. The van der Waals surface area contributed by atoms with Crippen LogP contribution in [0.15, 0.2) is 47.4 Å². The number of aryl methyl sites for hydroxylation is 1. The molecule has 0 aliphatic carbocycles. The van der Waals surface area contributed by atoms with Crippen LogP contribution < -0.4 is 0 Å². The highest BCUT2D eigenvalue weighted by Crippen LogP contribution is 2.27. The lowest BCUT2D eigenvalue weighted by Gasteiger charge is -2.04. The first-order valence-electron chi connectivity index (χ1n) is 5.28. The number of rotatable bonds is 3. The summed E-state index contributed by atoms with van der Waals surface area (Å²) in [5.41, 5.74) is 2.47. The lowest BCUT2D eigenvalue weighted by atomic mass is 10.2. The standard InChI is InChI=1S/C14H12Cl2S/c1-10-2-5-12(6-3-10)17-9-11-4-7-13(15)14(16)8-11/h2-8H,9H2,1H3. The lowest BCUT2D eigenvalue weighted by molar-refractivity contribution is 1.35. The van der Waals surface area contributed by atoms with Crippen molar-refractivity contribution < 1.29 is 0 Å². The van der Waals surface area contributed by atoms with E-state index in [0.29, 0.717) is 10.0 Å². The Balaban J connectivity index is 2.02. The van der Waals surface area contributed by atoms with Gasteiger partial charge in [-0.1, -0.05) is 47.0 Å². The Hall–Kier alpha value is -0.630. The van der Waals surface area contributed by atoms with E-state index in [1.54, 1.807) is 11.8 Å². The van der Waals surface area contributed by atoms with Crippen molar-refractivity contribution in [1.29, 1.82) is 0 Å². The smallest absolute Gasteiger partial charge is 0.0595 e. The molecule has 0 aliphatic rings. The Kier molecular flexibility index (Phi) is 4.38. The van der Waals surface area contributed by atoms with Crippen LogP contribution in [0, 0.1) is 6.92 Å². The van der Waals surface area contributed by atoms with E-state index in [0.717, 1.165) is 5.75 Å². The zero-order valence-corrected chi connectivity index (χ0v) is 11.7. The second-order valence-electron chi connectivity index (χ2n) is 3.85. The molecule has 0 heterocycles. The molecule has 2 aromatic carbocycles. The third kappa shape index (κ3) is 3.67. The van der Waals surface area contributed by atoms with E-state index < -0.39 is 0 Å². The van der Waals surface area contributed by atoms with Crippen molar-refractivity contribution in [3.8, 4) is 0 Å². The summed E-state index contributed by atoms with van der Waals surface area (Å²) in [6.07, 6.45) is 0. The number of hydrogen-bond donors (Lipinski definition) is 0. The number of hydrogen-bond acceptors (Lipinski definition) is 1. The van der Waals surface area contributed by atoms with Crippen molar-refractivity contribution in [2.75, 3.05) is 0 Å². The zero-order valence-electron chi connectivity index (χ0n) is 9.41. The molecule has 3 heteroatoms. The van der Waals surface area contributed by atoms with E-state index in [1.807, 2.05) is 18.2 Å². The molecule has 0 saturated heterocycles. The number of halogens is 2. The Labute approximate surface area is 116 Å². The van der Waals surface area contributed by atoms with Crippen LogP contribution in [0.2, 0.25) is 10.0 Å². The van der Waals surface area contributed by atoms with Crippen molar-refractivity contribution >= 4 is 35.0 Å². The van der Waals surface area contributed by atoms with Crippen LogP contribution in [0.25, 0.3) is 0 Å². The molecule has 0 radical (unpaired) electrons. The summed E-state index contributed by atoms with van der Waals surface area (Å²) in [6.45, 7) is 2.09. The predicted octanol–water partition coefficient (Wildman–Crippen LogP) is 5.59. The Morgan fingerprint density at radius 3 is 2.29 bits per heavy atom. The monoisotopic (exact) mass is 282 g/mol. The SMILES string of the molecule is Cc1ccc(SCc2ccc(Cl)c(Cl)c2)cc1. The molecule has 0 saturated carbocycles. The van der Waals surface area contributed by atoms with Gasteiger partial charge in [0, 0.05) is 10.6 Å². The van der Waals surface area contributed by atoms with Crippen LogP contribution in [-0.2, 0) is 5.75 Å². The third-order valence-electron chi connectivity index (χ3n) is 2.41. The van der Waals surface area contributed by atoms with Crippen molar-refractivity contribution in [3.05, 3.63) is 63.6 Å². The fraction of sp³-hybridized carbons (Fsp3) is 0.143. The van der Waals surface area contributed by atoms with Crippen molar-refractivity contribution in [2.24, 2.45) is 0 Å². The minimum Gasteiger partial charge on any atom is -0.121 e. The largest absolute Gasteiger partial charge is 0.121 e. The van der Waals surface area contributed by atoms with Gasteiger partial charge in [0.2, 0.25) is 0 Å². The van der Waals surface area contributed by atoms with Gasteiger partial charge in [-0.05, 0) is 36.8 Å². The first kappa shape index (κ1) is 12.8. The Bertz CT molecular complexity index is 506. The van der Waals surface area contributed by atoms with Crippen LogP contribution >= 0.6 is 35.0 Å². The van der Waals surface area contributed by atoms with E-state index in [1.165, 1.54) is 16.0 Å². The maximum atomic E-state index is 5.98. The van der Waals surface area contributed by atoms with Crippen LogP contribution in [0.5, 0.6) is 0 Å². The molecule has 0 aromatic heterocycles. The van der Waals surface area contributed by atoms with Crippen molar-refractivity contribution in [2.45, 2.75) is 17.6 Å². The van der Waals surface area contributed by atoms with E-state index in [-0.39, 0.29) is 0 Å². The summed E-state index contributed by atoms with van der Waals surface area (Å²) < 4.78 is 0. The second kappa shape index (κ2) is 5.81. The van der Waals surface area contributed by atoms with Gasteiger partial charge in [0.05, 0.1) is 10.0 Å². The maximum absolute atomic E-state index is 5.98. The summed E-state index contributed by atoms with van der Waals surface area (Å²) in [6, 6.07) is 14.3. The van der Waals surface area contributed by atoms with Crippen LogP contribution in [-0.4, -0.2) is 0 Å². The maximum Gasteiger partial charge on any atom is 0.0595 e. The molecule has 0 spiro atoms. The van der Waals surface area contributed by atoms with Gasteiger partial charge < -0.3 is 0 Å². The van der Waals surface area contributed by atoms with Gasteiger partial charge in [0.25, 0.3) is 0 Å². The normalized spacial score (nSPS) is 10.5. The highest BCUT2D eigenvalue weighted by molar-refractivity contribution is 7.98. The first-order valence-corrected chi connectivity index (χ1v) is 7.03. The van der Waals surface area contributed by atoms with Crippen LogP contribution in [0.3, 0.4) is 0 Å². The summed E-state index contributed by atoms with van der Waals surface area (Å²) in [4.78, 5) is 1.27. The molecule has 88 valence electrons. The number of thioether (sulfide) groups is 1. The van der Waals surface area contributed by atoms with Gasteiger partial charge in [-0.25, -0.2) is 0 Å². The fourth-order valence-corrected chi connectivity index (χ4v) is 2.59. The summed E-state index contributed by atoms with van der Waals surface area (Å²) >= 11 is 13.6. The van der Waals surface area contributed by atoms with E-state index in [9.17, 15) is 0 Å². The minimum atomic E-state index is 0.607. The van der Waals surface area contributed by atoms with Gasteiger partial charge in [0.15, 0.2) is 0 Å². The summed E-state index contributed by atoms with van der Waals surface area (Å²) in [7, 11) is 0. The van der Waals surface area contributed by atoms with E-state index >= 15 is 0 Å². The molecular weight excluding hydrogens is 271 g/mol.